The number of fused-ring (bicyclic) bond motifs is 1. The average molecular weight is 251 g/mol. The highest BCUT2D eigenvalue weighted by atomic mass is 32.1. The van der Waals surface area contributed by atoms with Crippen LogP contribution in [0.25, 0.3) is 10.1 Å². The first-order chi connectivity index (χ1) is 8.27. The van der Waals surface area contributed by atoms with E-state index in [0.717, 1.165) is 18.9 Å². The van der Waals surface area contributed by atoms with Gasteiger partial charge in [-0.05, 0) is 24.4 Å². The number of hydrogen-bond donors (Lipinski definition) is 3. The monoisotopic (exact) mass is 251 g/mol. The third-order valence-electron chi connectivity index (χ3n) is 2.41. The van der Waals surface area contributed by atoms with E-state index >= 15 is 0 Å². The van der Waals surface area contributed by atoms with E-state index in [1.54, 1.807) is 18.3 Å². The Kier molecular flexibility index (Phi) is 4.30. The molecule has 0 fully saturated rings. The van der Waals surface area contributed by atoms with Crippen LogP contribution in [0.5, 0.6) is 0 Å². The normalized spacial score (nSPS) is 12.8. The third-order valence-corrected chi connectivity index (χ3v) is 3.30. The fourth-order valence-corrected chi connectivity index (χ4v) is 2.40. The molecule has 0 spiro atoms. The highest BCUT2D eigenvalue weighted by Gasteiger charge is 2.02. The lowest BCUT2D eigenvalue weighted by Gasteiger charge is -2.09. The minimum Gasteiger partial charge on any atom is -0.392 e. The van der Waals surface area contributed by atoms with Gasteiger partial charge in [-0.15, -0.1) is 11.3 Å². The fourth-order valence-electron chi connectivity index (χ4n) is 1.62. The number of pyridine rings is 1. The highest BCUT2D eigenvalue weighted by Crippen LogP contribution is 2.25. The molecule has 1 unspecified atom stereocenters. The Morgan fingerprint density at radius 3 is 3.12 bits per heavy atom. The van der Waals surface area contributed by atoms with Crippen LogP contribution in [-0.2, 0) is 0 Å². The largest absolute Gasteiger partial charge is 0.392 e. The molecule has 0 saturated heterocycles. The molecule has 0 bridgehead atoms. The van der Waals surface area contributed by atoms with Gasteiger partial charge in [0.2, 0.25) is 0 Å². The molecule has 0 amide bonds. The molecule has 2 aromatic heterocycles. The summed E-state index contributed by atoms with van der Waals surface area (Å²) in [5.74, 6) is 0.933. The smallest absolute Gasteiger partial charge is 0.134 e. The van der Waals surface area contributed by atoms with Crippen LogP contribution in [0, 0.1) is 0 Å². The standard InChI is InChI=1S/C12H17N3OS/c1-9(16)8-13-5-6-15-12-10-3-7-17-11(10)2-4-14-12/h2-4,7,9,13,16H,5-6,8H2,1H3,(H,14,15). The zero-order valence-corrected chi connectivity index (χ0v) is 10.6. The van der Waals surface area contributed by atoms with E-state index in [2.05, 4.69) is 27.1 Å². The molecule has 3 N–H and O–H groups in total. The molecule has 0 aliphatic heterocycles. The van der Waals surface area contributed by atoms with Crippen molar-refractivity contribution >= 4 is 27.2 Å². The van der Waals surface area contributed by atoms with Crippen molar-refractivity contribution in [3.05, 3.63) is 23.7 Å². The van der Waals surface area contributed by atoms with Crippen LogP contribution >= 0.6 is 11.3 Å². The number of aliphatic hydroxyl groups excluding tert-OH is 1. The first kappa shape index (κ1) is 12.3. The number of hydrogen-bond acceptors (Lipinski definition) is 5. The summed E-state index contributed by atoms with van der Waals surface area (Å²) in [6.45, 7) is 4.01. The van der Waals surface area contributed by atoms with E-state index in [-0.39, 0.29) is 6.10 Å². The van der Waals surface area contributed by atoms with Gasteiger partial charge in [-0.3, -0.25) is 0 Å². The van der Waals surface area contributed by atoms with Crippen LogP contribution in [0.1, 0.15) is 6.92 Å². The minimum atomic E-state index is -0.298. The van der Waals surface area contributed by atoms with Crippen LogP contribution < -0.4 is 10.6 Å². The Balaban J connectivity index is 1.84. The number of rotatable bonds is 6. The van der Waals surface area contributed by atoms with Crippen molar-refractivity contribution in [1.82, 2.24) is 10.3 Å². The molecule has 5 heteroatoms. The molecule has 2 aromatic rings. The lowest BCUT2D eigenvalue weighted by molar-refractivity contribution is 0.192. The number of anilines is 1. The maximum Gasteiger partial charge on any atom is 0.134 e. The summed E-state index contributed by atoms with van der Waals surface area (Å²) >= 11 is 1.72. The van der Waals surface area contributed by atoms with Gasteiger partial charge in [0.05, 0.1) is 6.10 Å². The number of aliphatic hydroxyl groups is 1. The van der Waals surface area contributed by atoms with Crippen molar-refractivity contribution in [2.75, 3.05) is 25.0 Å². The van der Waals surface area contributed by atoms with Gasteiger partial charge < -0.3 is 15.7 Å². The van der Waals surface area contributed by atoms with Gasteiger partial charge in [0.25, 0.3) is 0 Å². The summed E-state index contributed by atoms with van der Waals surface area (Å²) in [6.07, 6.45) is 1.53. The van der Waals surface area contributed by atoms with Crippen LogP contribution in [0.4, 0.5) is 5.82 Å². The topological polar surface area (TPSA) is 57.2 Å². The zero-order valence-electron chi connectivity index (χ0n) is 9.81. The predicted octanol–water partition coefficient (Wildman–Crippen LogP) is 1.68. The van der Waals surface area contributed by atoms with Gasteiger partial charge >= 0.3 is 0 Å². The SMILES string of the molecule is CC(O)CNCCNc1nccc2sccc12. The van der Waals surface area contributed by atoms with Gasteiger partial charge in [-0.2, -0.15) is 0 Å². The number of nitrogens with one attached hydrogen (secondary N) is 2. The highest BCUT2D eigenvalue weighted by molar-refractivity contribution is 7.17. The summed E-state index contributed by atoms with van der Waals surface area (Å²) in [4.78, 5) is 4.33. The van der Waals surface area contributed by atoms with E-state index in [9.17, 15) is 0 Å². The molecule has 4 nitrogen and oxygen atoms in total. The molecule has 92 valence electrons. The summed E-state index contributed by atoms with van der Waals surface area (Å²) in [5, 5.41) is 18.8. The van der Waals surface area contributed by atoms with E-state index in [1.165, 1.54) is 10.1 Å². The lowest BCUT2D eigenvalue weighted by Crippen LogP contribution is -2.29. The van der Waals surface area contributed by atoms with E-state index in [1.807, 2.05) is 12.3 Å². The first-order valence-corrected chi connectivity index (χ1v) is 6.60. The van der Waals surface area contributed by atoms with Crippen molar-refractivity contribution < 1.29 is 5.11 Å². The fraction of sp³-hybridized carbons (Fsp3) is 0.417. The zero-order chi connectivity index (χ0) is 12.1. The minimum absolute atomic E-state index is 0.298. The Hall–Kier alpha value is -1.17. The average Bonchev–Trinajstić information content (AvgIpc) is 2.77. The maximum absolute atomic E-state index is 9.09. The van der Waals surface area contributed by atoms with Gasteiger partial charge in [0, 0.05) is 35.9 Å². The van der Waals surface area contributed by atoms with Crippen LogP contribution in [0.2, 0.25) is 0 Å². The summed E-state index contributed by atoms with van der Waals surface area (Å²) in [6, 6.07) is 4.11. The molecule has 0 saturated carbocycles. The molecule has 0 aromatic carbocycles. The third kappa shape index (κ3) is 3.39. The second kappa shape index (κ2) is 5.95. The molecule has 2 heterocycles. The molecule has 0 aliphatic carbocycles. The molecule has 17 heavy (non-hydrogen) atoms. The van der Waals surface area contributed by atoms with Crippen molar-refractivity contribution in [3.63, 3.8) is 0 Å². The first-order valence-electron chi connectivity index (χ1n) is 5.72. The van der Waals surface area contributed by atoms with Gasteiger partial charge in [-0.25, -0.2) is 4.98 Å². The van der Waals surface area contributed by atoms with E-state index < -0.39 is 0 Å². The van der Waals surface area contributed by atoms with E-state index in [4.69, 9.17) is 5.11 Å². The summed E-state index contributed by atoms with van der Waals surface area (Å²) in [7, 11) is 0. The second-order valence-corrected chi connectivity index (χ2v) is 4.92. The Morgan fingerprint density at radius 2 is 2.29 bits per heavy atom. The molecular formula is C12H17N3OS. The molecular weight excluding hydrogens is 234 g/mol. The molecule has 1 atom stereocenters. The number of nitrogens with zero attached hydrogens (tertiary/aromatic N) is 1. The maximum atomic E-state index is 9.09. The Labute approximate surface area is 105 Å². The quantitative estimate of drug-likeness (QED) is 0.684. The number of thiophene rings is 1. The lowest BCUT2D eigenvalue weighted by atomic mass is 10.3. The predicted molar refractivity (Wildman–Crippen MR) is 72.7 cm³/mol. The van der Waals surface area contributed by atoms with E-state index in [0.29, 0.717) is 6.54 Å². The van der Waals surface area contributed by atoms with Crippen molar-refractivity contribution in [2.45, 2.75) is 13.0 Å². The molecule has 0 aliphatic rings. The van der Waals surface area contributed by atoms with Gasteiger partial charge in [-0.1, -0.05) is 0 Å². The molecule has 2 rings (SSSR count). The van der Waals surface area contributed by atoms with Crippen LogP contribution in [0.15, 0.2) is 23.7 Å². The summed E-state index contributed by atoms with van der Waals surface area (Å²) < 4.78 is 1.25. The molecule has 0 radical (unpaired) electrons. The number of aromatic nitrogens is 1. The van der Waals surface area contributed by atoms with Gasteiger partial charge in [0.15, 0.2) is 0 Å². The summed E-state index contributed by atoms with van der Waals surface area (Å²) in [5.41, 5.74) is 0. The Bertz CT molecular complexity index is 469. The second-order valence-electron chi connectivity index (χ2n) is 3.97. The van der Waals surface area contributed by atoms with Gasteiger partial charge in [0.1, 0.15) is 5.82 Å². The van der Waals surface area contributed by atoms with Crippen molar-refractivity contribution in [1.29, 1.82) is 0 Å². The Morgan fingerprint density at radius 1 is 1.41 bits per heavy atom. The van der Waals surface area contributed by atoms with Crippen LogP contribution in [0.3, 0.4) is 0 Å². The van der Waals surface area contributed by atoms with Crippen molar-refractivity contribution in [3.8, 4) is 0 Å². The van der Waals surface area contributed by atoms with Crippen LogP contribution in [-0.4, -0.2) is 35.8 Å². The van der Waals surface area contributed by atoms with Crippen molar-refractivity contribution in [2.24, 2.45) is 0 Å².